The average molecular weight is 333 g/mol. The van der Waals surface area contributed by atoms with E-state index < -0.39 is 5.60 Å². The minimum absolute atomic E-state index is 0.0172. The van der Waals surface area contributed by atoms with Gasteiger partial charge in [0, 0.05) is 6.54 Å². The molecule has 0 radical (unpaired) electrons. The average Bonchev–Trinajstić information content (AvgIpc) is 2.98. The highest BCUT2D eigenvalue weighted by Gasteiger charge is 2.25. The van der Waals surface area contributed by atoms with Gasteiger partial charge < -0.3 is 10.4 Å². The number of halogens is 1. The van der Waals surface area contributed by atoms with Gasteiger partial charge in [-0.25, -0.2) is 4.39 Å². The first-order chi connectivity index (χ1) is 11.2. The molecule has 0 aliphatic carbocycles. The molecule has 6 heteroatoms. The number of aryl methyl sites for hydroxylation is 1. The number of hydrogen-bond donors (Lipinski definition) is 2. The van der Waals surface area contributed by atoms with Gasteiger partial charge in [0.05, 0.1) is 12.2 Å². The first-order valence-electron chi connectivity index (χ1n) is 8.09. The van der Waals surface area contributed by atoms with Gasteiger partial charge in [-0.05, 0) is 43.5 Å². The number of carbonyl (C=O) groups excluding carboxylic acids is 1. The van der Waals surface area contributed by atoms with Gasteiger partial charge >= 0.3 is 0 Å². The van der Waals surface area contributed by atoms with Gasteiger partial charge in [-0.15, -0.1) is 0 Å². The summed E-state index contributed by atoms with van der Waals surface area (Å²) in [5.74, 6) is -0.433. The van der Waals surface area contributed by atoms with E-state index in [1.54, 1.807) is 17.7 Å². The number of aromatic nitrogens is 2. The second-order valence-electron chi connectivity index (χ2n) is 6.39. The maximum atomic E-state index is 13.0. The summed E-state index contributed by atoms with van der Waals surface area (Å²) in [5.41, 5.74) is 0.570. The molecule has 1 aromatic heterocycles. The summed E-state index contributed by atoms with van der Waals surface area (Å²) >= 11 is 0. The van der Waals surface area contributed by atoms with E-state index in [1.807, 2.05) is 20.8 Å². The van der Waals surface area contributed by atoms with Crippen LogP contribution in [0.5, 0.6) is 0 Å². The van der Waals surface area contributed by atoms with Crippen molar-refractivity contribution in [3.05, 3.63) is 53.1 Å². The summed E-state index contributed by atoms with van der Waals surface area (Å²) in [6.07, 6.45) is 0. The number of hydrogen-bond acceptors (Lipinski definition) is 3. The number of benzene rings is 1. The van der Waals surface area contributed by atoms with Gasteiger partial charge in [0.15, 0.2) is 0 Å². The molecule has 2 N–H and O–H groups in total. The fraction of sp³-hybridized carbons (Fsp3) is 0.444. The Hall–Kier alpha value is -2.21. The molecule has 24 heavy (non-hydrogen) atoms. The topological polar surface area (TPSA) is 67.2 Å². The van der Waals surface area contributed by atoms with Crippen LogP contribution in [0.1, 0.15) is 55.4 Å². The van der Waals surface area contributed by atoms with Crippen molar-refractivity contribution in [1.29, 1.82) is 0 Å². The van der Waals surface area contributed by atoms with E-state index in [0.29, 0.717) is 17.8 Å². The summed E-state index contributed by atoms with van der Waals surface area (Å²) in [5, 5.41) is 17.7. The van der Waals surface area contributed by atoms with Crippen molar-refractivity contribution in [1.82, 2.24) is 15.1 Å². The molecule has 0 aliphatic rings. The largest absolute Gasteiger partial charge is 0.384 e. The molecular weight excluding hydrogens is 309 g/mol. The van der Waals surface area contributed by atoms with E-state index in [-0.39, 0.29) is 24.2 Å². The molecule has 0 aliphatic heterocycles. The second kappa shape index (κ2) is 7.13. The number of aliphatic hydroxyl groups is 1. The quantitative estimate of drug-likeness (QED) is 0.854. The minimum Gasteiger partial charge on any atom is -0.384 e. The third-order valence-corrected chi connectivity index (χ3v) is 3.98. The fourth-order valence-electron chi connectivity index (χ4n) is 2.40. The Kier molecular flexibility index (Phi) is 5.39. The van der Waals surface area contributed by atoms with E-state index in [4.69, 9.17) is 0 Å². The summed E-state index contributed by atoms with van der Waals surface area (Å²) in [6.45, 7) is 8.14. The Morgan fingerprint density at radius 2 is 2.00 bits per heavy atom. The minimum atomic E-state index is -1.29. The highest BCUT2D eigenvalue weighted by molar-refractivity contribution is 5.92. The van der Waals surface area contributed by atoms with Crippen LogP contribution in [-0.4, -0.2) is 27.3 Å². The Morgan fingerprint density at radius 3 is 2.54 bits per heavy atom. The van der Waals surface area contributed by atoms with Crippen molar-refractivity contribution in [2.75, 3.05) is 6.54 Å². The molecule has 1 heterocycles. The molecule has 1 aromatic carbocycles. The van der Waals surface area contributed by atoms with Gasteiger partial charge in [0.1, 0.15) is 17.1 Å². The number of nitrogens with one attached hydrogen (secondary N) is 1. The molecule has 0 saturated carbocycles. The lowest BCUT2D eigenvalue weighted by molar-refractivity contribution is 0.0523. The second-order valence-corrected chi connectivity index (χ2v) is 6.39. The van der Waals surface area contributed by atoms with Crippen LogP contribution in [0.3, 0.4) is 0 Å². The zero-order valence-corrected chi connectivity index (χ0v) is 14.5. The third kappa shape index (κ3) is 4.00. The predicted octanol–water partition coefficient (Wildman–Crippen LogP) is 2.80. The highest BCUT2D eigenvalue weighted by atomic mass is 19.1. The normalized spacial score (nSPS) is 13.8. The molecule has 2 rings (SSSR count). The van der Waals surface area contributed by atoms with Crippen LogP contribution in [0.4, 0.5) is 4.39 Å². The Labute approximate surface area is 141 Å². The molecule has 0 saturated heterocycles. The zero-order chi connectivity index (χ0) is 17.9. The predicted molar refractivity (Wildman–Crippen MR) is 90.3 cm³/mol. The van der Waals surface area contributed by atoms with Gasteiger partial charge in [-0.3, -0.25) is 9.48 Å². The van der Waals surface area contributed by atoms with Crippen LogP contribution in [0, 0.1) is 5.82 Å². The standard InChI is InChI=1S/C18H24FN3O2/c1-5-22-16(10-15(21-22)12(2)3)17(23)20-11-18(4,24)13-6-8-14(19)9-7-13/h6-10,12,24H,5,11H2,1-4H3,(H,20,23). The molecule has 130 valence electrons. The summed E-state index contributed by atoms with van der Waals surface area (Å²) in [7, 11) is 0. The molecule has 1 unspecified atom stereocenters. The SMILES string of the molecule is CCn1nc(C(C)C)cc1C(=O)NCC(C)(O)c1ccc(F)cc1. The number of nitrogens with zero attached hydrogens (tertiary/aromatic N) is 2. The van der Waals surface area contributed by atoms with Crippen molar-refractivity contribution in [2.45, 2.75) is 45.8 Å². The van der Waals surface area contributed by atoms with Crippen LogP contribution in [0.2, 0.25) is 0 Å². The van der Waals surface area contributed by atoms with Gasteiger partial charge in [0.25, 0.3) is 5.91 Å². The maximum Gasteiger partial charge on any atom is 0.269 e. The smallest absolute Gasteiger partial charge is 0.269 e. The Morgan fingerprint density at radius 1 is 1.38 bits per heavy atom. The van der Waals surface area contributed by atoms with Gasteiger partial charge in [-0.1, -0.05) is 26.0 Å². The Bertz CT molecular complexity index is 706. The van der Waals surface area contributed by atoms with E-state index >= 15 is 0 Å². The van der Waals surface area contributed by atoms with Crippen molar-refractivity contribution in [2.24, 2.45) is 0 Å². The zero-order valence-electron chi connectivity index (χ0n) is 14.5. The molecule has 1 atom stereocenters. The summed E-state index contributed by atoms with van der Waals surface area (Å²) in [6, 6.07) is 7.36. The maximum absolute atomic E-state index is 13.0. The van der Waals surface area contributed by atoms with Gasteiger partial charge in [-0.2, -0.15) is 5.10 Å². The van der Waals surface area contributed by atoms with E-state index in [2.05, 4.69) is 10.4 Å². The lowest BCUT2D eigenvalue weighted by Gasteiger charge is -2.24. The van der Waals surface area contributed by atoms with Crippen LogP contribution in [-0.2, 0) is 12.1 Å². The number of rotatable bonds is 6. The molecule has 5 nitrogen and oxygen atoms in total. The summed E-state index contributed by atoms with van der Waals surface area (Å²) in [4.78, 5) is 12.4. The number of carbonyl (C=O) groups is 1. The molecule has 2 aromatic rings. The molecule has 0 spiro atoms. The van der Waals surface area contributed by atoms with Crippen molar-refractivity contribution in [3.63, 3.8) is 0 Å². The first kappa shape index (κ1) is 18.1. The van der Waals surface area contributed by atoms with E-state index in [9.17, 15) is 14.3 Å². The van der Waals surface area contributed by atoms with E-state index in [0.717, 1.165) is 5.69 Å². The van der Waals surface area contributed by atoms with Crippen LogP contribution in [0.15, 0.2) is 30.3 Å². The first-order valence-corrected chi connectivity index (χ1v) is 8.09. The molecule has 0 bridgehead atoms. The fourth-order valence-corrected chi connectivity index (χ4v) is 2.40. The lowest BCUT2D eigenvalue weighted by Crippen LogP contribution is -2.39. The molecular formula is C18H24FN3O2. The van der Waals surface area contributed by atoms with Crippen molar-refractivity contribution < 1.29 is 14.3 Å². The van der Waals surface area contributed by atoms with Crippen LogP contribution in [0.25, 0.3) is 0 Å². The van der Waals surface area contributed by atoms with Crippen molar-refractivity contribution >= 4 is 5.91 Å². The monoisotopic (exact) mass is 333 g/mol. The third-order valence-electron chi connectivity index (χ3n) is 3.98. The highest BCUT2D eigenvalue weighted by Crippen LogP contribution is 2.20. The van der Waals surface area contributed by atoms with Crippen LogP contribution < -0.4 is 5.32 Å². The van der Waals surface area contributed by atoms with Crippen molar-refractivity contribution in [3.8, 4) is 0 Å². The molecule has 0 fully saturated rings. The molecule has 1 amide bonds. The van der Waals surface area contributed by atoms with Crippen LogP contribution >= 0.6 is 0 Å². The summed E-state index contributed by atoms with van der Waals surface area (Å²) < 4.78 is 14.7. The van der Waals surface area contributed by atoms with Gasteiger partial charge in [0.2, 0.25) is 0 Å². The van der Waals surface area contributed by atoms with E-state index in [1.165, 1.54) is 24.3 Å². The lowest BCUT2D eigenvalue weighted by atomic mass is 9.96. The number of amides is 1. The Balaban J connectivity index is 2.11.